The molecule has 8 heteroatoms. The molecule has 1 amide bonds. The van der Waals surface area contributed by atoms with Crippen LogP contribution in [0.5, 0.6) is 0 Å². The van der Waals surface area contributed by atoms with Gasteiger partial charge in [-0.05, 0) is 35.1 Å². The fourth-order valence-electron chi connectivity index (χ4n) is 3.35. The molecule has 0 spiro atoms. The topological polar surface area (TPSA) is 70.5 Å². The molecule has 2 aromatic carbocycles. The molecule has 33 heavy (non-hydrogen) atoms. The van der Waals surface area contributed by atoms with Gasteiger partial charge < -0.3 is 6.53 Å². The van der Waals surface area contributed by atoms with Gasteiger partial charge in [0, 0.05) is 15.8 Å². The van der Waals surface area contributed by atoms with Crippen molar-refractivity contribution in [1.29, 1.82) is 0 Å². The van der Waals surface area contributed by atoms with Crippen LogP contribution in [0.1, 0.15) is 52.3 Å². The second kappa shape index (κ2) is 11.2. The summed E-state index contributed by atoms with van der Waals surface area (Å²) in [6.07, 6.45) is 0. The van der Waals surface area contributed by atoms with Crippen molar-refractivity contribution in [1.82, 2.24) is 4.98 Å². The van der Waals surface area contributed by atoms with Gasteiger partial charge in [0.05, 0.1) is 23.4 Å². The van der Waals surface area contributed by atoms with Crippen LogP contribution >= 0.6 is 22.7 Å². The third kappa shape index (κ3) is 5.80. The second-order valence-corrected chi connectivity index (χ2v) is 9.48. The molecule has 2 heterocycles. The number of carboxylic acids is 1. The second-order valence-electron chi connectivity index (χ2n) is 7.61. The molecule has 0 aliphatic heterocycles. The van der Waals surface area contributed by atoms with E-state index in [2.05, 4.69) is 26.0 Å². The number of carboxylic acid groups (broad SMARTS) is 1. The van der Waals surface area contributed by atoms with Gasteiger partial charge >= 0.3 is 35.5 Å². The van der Waals surface area contributed by atoms with E-state index >= 15 is 0 Å². The zero-order chi connectivity index (χ0) is 22.7. The first-order valence-electron chi connectivity index (χ1n) is 10.2. The molecule has 2 aromatic heterocycles. The van der Waals surface area contributed by atoms with E-state index in [1.165, 1.54) is 23.0 Å². The molecule has 0 unspecified atom stereocenters. The van der Waals surface area contributed by atoms with E-state index in [1.54, 1.807) is 34.4 Å². The Balaban J connectivity index is 0.00000204. The van der Waals surface area contributed by atoms with Crippen LogP contribution in [-0.4, -0.2) is 22.0 Å². The van der Waals surface area contributed by atoms with Gasteiger partial charge in [-0.25, -0.2) is 9.78 Å². The van der Waals surface area contributed by atoms with Crippen LogP contribution in [0.4, 0.5) is 5.13 Å². The van der Waals surface area contributed by atoms with E-state index in [1.807, 2.05) is 35.0 Å². The maximum atomic E-state index is 13.5. The van der Waals surface area contributed by atoms with Crippen LogP contribution in [0.2, 0.25) is 0 Å². The summed E-state index contributed by atoms with van der Waals surface area (Å²) < 4.78 is 0. The van der Waals surface area contributed by atoms with E-state index in [9.17, 15) is 14.7 Å². The van der Waals surface area contributed by atoms with E-state index < -0.39 is 5.97 Å². The van der Waals surface area contributed by atoms with E-state index in [4.69, 9.17) is 4.98 Å². The first kappa shape index (κ1) is 25.3. The number of anilines is 1. The number of aromatic carboxylic acids is 1. The molecule has 0 aliphatic rings. The van der Waals surface area contributed by atoms with Crippen LogP contribution in [0.15, 0.2) is 71.4 Å². The first-order valence-corrected chi connectivity index (χ1v) is 11.9. The van der Waals surface area contributed by atoms with Crippen LogP contribution in [0.25, 0.3) is 11.3 Å². The summed E-state index contributed by atoms with van der Waals surface area (Å²) in [6, 6.07) is 18.4. The van der Waals surface area contributed by atoms with Crippen LogP contribution in [0.3, 0.4) is 0 Å². The fraction of sp³-hybridized carbons (Fsp3) is 0.160. The normalized spacial score (nSPS) is 10.6. The van der Waals surface area contributed by atoms with Gasteiger partial charge in [0.15, 0.2) is 5.13 Å². The molecule has 0 aliphatic carbocycles. The van der Waals surface area contributed by atoms with Crippen molar-refractivity contribution >= 4 is 39.7 Å². The summed E-state index contributed by atoms with van der Waals surface area (Å²) in [4.78, 5) is 32.5. The number of aromatic nitrogens is 1. The number of hydrogen-bond donors (Lipinski definition) is 1. The minimum Gasteiger partial charge on any atom is -1.00 e. The van der Waals surface area contributed by atoms with E-state index in [-0.39, 0.29) is 48.0 Å². The molecule has 4 rings (SSSR count). The maximum absolute atomic E-state index is 13.5. The summed E-state index contributed by atoms with van der Waals surface area (Å²) in [5.74, 6) is -1.06. The molecule has 0 fully saturated rings. The number of carbonyl (C=O) groups excluding carboxylic acids is 1. The number of thiophene rings is 1. The molecule has 0 saturated carbocycles. The van der Waals surface area contributed by atoms with Crippen molar-refractivity contribution in [2.75, 3.05) is 4.90 Å². The Morgan fingerprint density at radius 3 is 2.30 bits per heavy atom. The van der Waals surface area contributed by atoms with Crippen molar-refractivity contribution in [3.63, 3.8) is 0 Å². The summed E-state index contributed by atoms with van der Waals surface area (Å²) in [5.41, 5.74) is 3.15. The molecular formula is C25H23N2NaO3S2. The number of carbonyl (C=O) groups is 2. The molecule has 0 atom stereocenters. The predicted molar refractivity (Wildman–Crippen MR) is 131 cm³/mol. The van der Waals surface area contributed by atoms with Crippen LogP contribution < -0.4 is 34.5 Å². The smallest absolute Gasteiger partial charge is 1.00 e. The van der Waals surface area contributed by atoms with Crippen molar-refractivity contribution in [2.45, 2.75) is 26.3 Å². The minimum absolute atomic E-state index is 0. The summed E-state index contributed by atoms with van der Waals surface area (Å²) in [5, 5.41) is 14.0. The number of benzene rings is 2. The molecule has 4 aromatic rings. The molecular weight excluding hydrogens is 463 g/mol. The maximum Gasteiger partial charge on any atom is 1.00 e. The molecule has 5 nitrogen and oxygen atoms in total. The SMILES string of the molecule is CC(C)c1ccc(-c2csc(N(Cc3cccs3)C(=O)c3ccccc3C(=O)O)n2)cc1.[H-].[Na+]. The quantitative estimate of drug-likeness (QED) is 0.405. The third-order valence-corrected chi connectivity index (χ3v) is 6.85. The first-order chi connectivity index (χ1) is 15.4. The zero-order valence-electron chi connectivity index (χ0n) is 19.7. The number of rotatable bonds is 7. The van der Waals surface area contributed by atoms with Gasteiger partial charge in [-0.1, -0.05) is 56.3 Å². The Morgan fingerprint density at radius 2 is 1.70 bits per heavy atom. The van der Waals surface area contributed by atoms with Crippen molar-refractivity contribution in [3.8, 4) is 11.3 Å². The monoisotopic (exact) mass is 486 g/mol. The van der Waals surface area contributed by atoms with Crippen molar-refractivity contribution < 1.29 is 45.7 Å². The van der Waals surface area contributed by atoms with Gasteiger partial charge in [0.25, 0.3) is 5.91 Å². The van der Waals surface area contributed by atoms with E-state index in [0.29, 0.717) is 17.6 Å². The van der Waals surface area contributed by atoms with Gasteiger partial charge in [-0.2, -0.15) is 0 Å². The van der Waals surface area contributed by atoms with Gasteiger partial charge in [-0.3, -0.25) is 9.69 Å². The number of nitrogens with zero attached hydrogens (tertiary/aromatic N) is 2. The van der Waals surface area contributed by atoms with Crippen LogP contribution in [0, 0.1) is 0 Å². The Labute approximate surface area is 224 Å². The van der Waals surface area contributed by atoms with Crippen molar-refractivity contribution in [3.05, 3.63) is 93.0 Å². The Hall–Kier alpha value is -2.29. The fourth-order valence-corrected chi connectivity index (χ4v) is 4.87. The van der Waals surface area contributed by atoms with Gasteiger partial charge in [-0.15, -0.1) is 22.7 Å². The van der Waals surface area contributed by atoms with E-state index in [0.717, 1.165) is 16.1 Å². The average molecular weight is 487 g/mol. The zero-order valence-corrected chi connectivity index (χ0v) is 22.3. The summed E-state index contributed by atoms with van der Waals surface area (Å²) in [6.45, 7) is 4.63. The standard InChI is InChI=1S/C25H22N2O3S2.Na.H/c1-16(2)17-9-11-18(12-10-17)22-15-32-25(26-22)27(14-19-6-5-13-31-19)23(28)20-7-3-4-8-21(20)24(29)30;;/h3-13,15-16H,14H2,1-2H3,(H,29,30);;/q;+1;-1. The summed E-state index contributed by atoms with van der Waals surface area (Å²) >= 11 is 2.92. The number of thiazole rings is 1. The third-order valence-electron chi connectivity index (χ3n) is 5.12. The summed E-state index contributed by atoms with van der Waals surface area (Å²) in [7, 11) is 0. The van der Waals surface area contributed by atoms with Gasteiger partial charge in [0.2, 0.25) is 0 Å². The Morgan fingerprint density at radius 1 is 1.00 bits per heavy atom. The number of amides is 1. The molecule has 164 valence electrons. The number of hydrogen-bond acceptors (Lipinski definition) is 5. The Kier molecular flexibility index (Phi) is 8.62. The molecule has 1 N–H and O–H groups in total. The van der Waals surface area contributed by atoms with Crippen molar-refractivity contribution in [2.24, 2.45) is 0 Å². The largest absolute Gasteiger partial charge is 1.00 e. The molecule has 0 saturated heterocycles. The molecule has 0 radical (unpaired) electrons. The Bertz CT molecular complexity index is 1240. The molecule has 0 bridgehead atoms. The van der Waals surface area contributed by atoms with Gasteiger partial charge in [0.1, 0.15) is 0 Å². The predicted octanol–water partition coefficient (Wildman–Crippen LogP) is 3.66. The average Bonchev–Trinajstić information content (AvgIpc) is 3.49. The van der Waals surface area contributed by atoms with Crippen LogP contribution in [-0.2, 0) is 6.54 Å². The minimum atomic E-state index is -1.13.